The first-order valence-electron chi connectivity index (χ1n) is 11.0. The Bertz CT molecular complexity index is 1210. The van der Waals surface area contributed by atoms with Crippen molar-refractivity contribution in [2.45, 2.75) is 46.7 Å². The van der Waals surface area contributed by atoms with E-state index in [0.29, 0.717) is 6.54 Å². The summed E-state index contributed by atoms with van der Waals surface area (Å²) in [6.45, 7) is 8.91. The van der Waals surface area contributed by atoms with Crippen LogP contribution in [0.5, 0.6) is 0 Å². The van der Waals surface area contributed by atoms with Crippen molar-refractivity contribution in [1.82, 2.24) is 19.4 Å². The van der Waals surface area contributed by atoms with Gasteiger partial charge in [0.25, 0.3) is 5.91 Å². The first-order valence-corrected chi connectivity index (χ1v) is 11.0. The number of amides is 1. The van der Waals surface area contributed by atoms with E-state index in [1.807, 2.05) is 54.9 Å². The predicted octanol–water partition coefficient (Wildman–Crippen LogP) is 4.95. The lowest BCUT2D eigenvalue weighted by Gasteiger charge is -2.20. The van der Waals surface area contributed by atoms with Crippen molar-refractivity contribution < 1.29 is 4.79 Å². The van der Waals surface area contributed by atoms with E-state index in [0.717, 1.165) is 34.6 Å². The summed E-state index contributed by atoms with van der Waals surface area (Å²) >= 11 is 0. The predicted molar refractivity (Wildman–Crippen MR) is 128 cm³/mol. The highest BCUT2D eigenvalue weighted by atomic mass is 16.1. The van der Waals surface area contributed by atoms with Gasteiger partial charge in [-0.1, -0.05) is 48.5 Å². The molecule has 2 aromatic carbocycles. The third-order valence-electron chi connectivity index (χ3n) is 6.18. The molecule has 2 aromatic heterocycles. The van der Waals surface area contributed by atoms with Crippen molar-refractivity contribution in [3.63, 3.8) is 0 Å². The highest BCUT2D eigenvalue weighted by Crippen LogP contribution is 2.27. The van der Waals surface area contributed by atoms with Gasteiger partial charge in [-0.15, -0.1) is 0 Å². The Morgan fingerprint density at radius 3 is 2.38 bits per heavy atom. The normalized spacial score (nSPS) is 12.0. The van der Waals surface area contributed by atoms with Gasteiger partial charge in [0, 0.05) is 36.0 Å². The lowest BCUT2D eigenvalue weighted by atomic mass is 10.0. The van der Waals surface area contributed by atoms with Crippen LogP contribution >= 0.6 is 0 Å². The molecule has 0 unspecified atom stereocenters. The van der Waals surface area contributed by atoms with E-state index in [9.17, 15) is 4.79 Å². The van der Waals surface area contributed by atoms with E-state index in [2.05, 4.69) is 53.0 Å². The zero-order chi connectivity index (χ0) is 22.7. The monoisotopic (exact) mass is 426 g/mol. The first-order chi connectivity index (χ1) is 15.5. The molecule has 1 N–H and O–H groups in total. The fraction of sp³-hybridized carbons (Fsp3) is 0.259. The maximum Gasteiger partial charge on any atom is 0.253 e. The Hall–Kier alpha value is -3.60. The van der Waals surface area contributed by atoms with Crippen LogP contribution in [0, 0.1) is 27.7 Å². The number of carbonyl (C=O) groups is 1. The van der Waals surface area contributed by atoms with Crippen molar-refractivity contribution in [2.24, 2.45) is 0 Å². The summed E-state index contributed by atoms with van der Waals surface area (Å²) in [6.07, 6.45) is 6.24. The molecule has 0 fully saturated rings. The molecule has 32 heavy (non-hydrogen) atoms. The molecule has 1 amide bonds. The summed E-state index contributed by atoms with van der Waals surface area (Å²) in [4.78, 5) is 17.7. The number of carbonyl (C=O) groups excluding carboxylic acids is 1. The fourth-order valence-corrected chi connectivity index (χ4v) is 4.46. The number of para-hydroxylation sites is 1. The minimum Gasteiger partial charge on any atom is -0.347 e. The molecule has 1 atom stereocenters. The molecule has 0 saturated carbocycles. The van der Waals surface area contributed by atoms with Gasteiger partial charge in [-0.05, 0) is 56.9 Å². The second kappa shape index (κ2) is 9.27. The van der Waals surface area contributed by atoms with Crippen LogP contribution in [-0.2, 0) is 13.0 Å². The summed E-state index contributed by atoms with van der Waals surface area (Å²) in [6, 6.07) is 18.5. The van der Waals surface area contributed by atoms with E-state index < -0.39 is 0 Å². The van der Waals surface area contributed by atoms with Crippen LogP contribution in [0.2, 0.25) is 0 Å². The minimum absolute atomic E-state index is 0.0310. The van der Waals surface area contributed by atoms with E-state index in [1.54, 1.807) is 12.5 Å². The van der Waals surface area contributed by atoms with Gasteiger partial charge < -0.3 is 14.5 Å². The Labute approximate surface area is 189 Å². The molecular formula is C27H30N4O. The molecule has 0 radical (unpaired) electrons. The molecule has 5 heteroatoms. The molecule has 0 saturated heterocycles. The molecule has 4 rings (SSSR count). The van der Waals surface area contributed by atoms with Crippen LogP contribution in [0.4, 0.5) is 0 Å². The van der Waals surface area contributed by atoms with E-state index in [-0.39, 0.29) is 11.9 Å². The third kappa shape index (κ3) is 4.37. The lowest BCUT2D eigenvalue weighted by Crippen LogP contribution is -2.39. The number of benzene rings is 2. The molecule has 0 bridgehead atoms. The van der Waals surface area contributed by atoms with Crippen LogP contribution in [0.3, 0.4) is 0 Å². The zero-order valence-electron chi connectivity index (χ0n) is 19.2. The highest BCUT2D eigenvalue weighted by molar-refractivity contribution is 5.97. The number of imidazole rings is 1. The maximum absolute atomic E-state index is 13.5. The number of hydrogen-bond acceptors (Lipinski definition) is 2. The molecule has 0 aliphatic rings. The van der Waals surface area contributed by atoms with E-state index in [1.165, 1.54) is 11.1 Å². The Morgan fingerprint density at radius 1 is 0.969 bits per heavy atom. The second-order valence-electron chi connectivity index (χ2n) is 8.41. The Kier molecular flexibility index (Phi) is 6.26. The topological polar surface area (TPSA) is 51.9 Å². The van der Waals surface area contributed by atoms with E-state index >= 15 is 0 Å². The first kappa shape index (κ1) is 21.6. The van der Waals surface area contributed by atoms with Crippen molar-refractivity contribution >= 4 is 5.91 Å². The van der Waals surface area contributed by atoms with Crippen LogP contribution in [0.15, 0.2) is 73.3 Å². The number of aromatic nitrogens is 3. The molecule has 2 heterocycles. The van der Waals surface area contributed by atoms with Crippen LogP contribution in [0.25, 0.3) is 5.69 Å². The van der Waals surface area contributed by atoms with Crippen molar-refractivity contribution in [3.05, 3.63) is 107 Å². The molecule has 0 aliphatic carbocycles. The lowest BCUT2D eigenvalue weighted by molar-refractivity contribution is 0.0931. The molecular weight excluding hydrogens is 396 g/mol. The van der Waals surface area contributed by atoms with Gasteiger partial charge in [0.05, 0.1) is 17.9 Å². The van der Waals surface area contributed by atoms with Gasteiger partial charge in [-0.3, -0.25) is 4.79 Å². The summed E-state index contributed by atoms with van der Waals surface area (Å²) in [5.74, 6) is -0.0310. The van der Waals surface area contributed by atoms with Gasteiger partial charge in [0.15, 0.2) is 0 Å². The molecule has 164 valence electrons. The number of rotatable bonds is 7. The third-order valence-corrected chi connectivity index (χ3v) is 6.18. The second-order valence-corrected chi connectivity index (χ2v) is 8.41. The summed E-state index contributed by atoms with van der Waals surface area (Å²) in [5.41, 5.74) is 7.33. The van der Waals surface area contributed by atoms with Crippen molar-refractivity contribution in [3.8, 4) is 5.69 Å². The molecule has 5 nitrogen and oxygen atoms in total. The number of hydrogen-bond donors (Lipinski definition) is 1. The standard InChI is InChI=1S/C27H30N4O/c1-19-10-8-9-13-25(19)31-21(3)20(2)26(22(31)4)27(32)29-24(17-30-15-14-28-18-30)16-23-11-6-5-7-12-23/h5-15,18,24H,16-17H2,1-4H3,(H,29,32)/t24-/m0/s1. The quantitative estimate of drug-likeness (QED) is 0.455. The molecule has 0 spiro atoms. The smallest absolute Gasteiger partial charge is 0.253 e. The maximum atomic E-state index is 13.5. The Balaban J connectivity index is 1.65. The van der Waals surface area contributed by atoms with Gasteiger partial charge in [0.2, 0.25) is 0 Å². The fourth-order valence-electron chi connectivity index (χ4n) is 4.46. The molecule has 4 aromatic rings. The summed E-state index contributed by atoms with van der Waals surface area (Å²) in [5, 5.41) is 3.31. The summed E-state index contributed by atoms with van der Waals surface area (Å²) in [7, 11) is 0. The highest BCUT2D eigenvalue weighted by Gasteiger charge is 2.24. The minimum atomic E-state index is -0.0555. The zero-order valence-corrected chi connectivity index (χ0v) is 19.2. The number of nitrogens with zero attached hydrogens (tertiary/aromatic N) is 3. The van der Waals surface area contributed by atoms with Crippen molar-refractivity contribution in [1.29, 1.82) is 0 Å². The van der Waals surface area contributed by atoms with Gasteiger partial charge in [0.1, 0.15) is 0 Å². The Morgan fingerprint density at radius 2 is 1.69 bits per heavy atom. The SMILES string of the molecule is Cc1ccccc1-n1c(C)c(C)c(C(=O)N[C@@H](Cc2ccccc2)Cn2ccnc2)c1C. The van der Waals surface area contributed by atoms with Crippen LogP contribution in [0.1, 0.15) is 38.4 Å². The summed E-state index contributed by atoms with van der Waals surface area (Å²) < 4.78 is 4.21. The number of aryl methyl sites for hydroxylation is 1. The molecule has 0 aliphatic heterocycles. The van der Waals surface area contributed by atoms with Crippen molar-refractivity contribution in [2.75, 3.05) is 0 Å². The average molecular weight is 427 g/mol. The largest absolute Gasteiger partial charge is 0.347 e. The van der Waals surface area contributed by atoms with Gasteiger partial charge >= 0.3 is 0 Å². The van der Waals surface area contributed by atoms with Crippen LogP contribution in [-0.4, -0.2) is 26.1 Å². The van der Waals surface area contributed by atoms with Crippen LogP contribution < -0.4 is 5.32 Å². The average Bonchev–Trinajstić information content (AvgIpc) is 3.36. The number of nitrogens with one attached hydrogen (secondary N) is 1. The van der Waals surface area contributed by atoms with E-state index in [4.69, 9.17) is 0 Å². The van der Waals surface area contributed by atoms with Gasteiger partial charge in [-0.25, -0.2) is 4.98 Å². The van der Waals surface area contributed by atoms with Gasteiger partial charge in [-0.2, -0.15) is 0 Å².